The summed E-state index contributed by atoms with van der Waals surface area (Å²) in [7, 11) is -4.67. The molecule has 0 aliphatic carbocycles. The van der Waals surface area contributed by atoms with E-state index >= 15 is 0 Å². The zero-order valence-electron chi connectivity index (χ0n) is 3.23. The number of rotatable bonds is 0. The van der Waals surface area contributed by atoms with Gasteiger partial charge in [0.05, 0.1) is 0 Å². The molecule has 0 aromatic rings. The number of hydrogen-bond acceptors (Lipinski definition) is 2. The molecule has 4 nitrogen and oxygen atoms in total. The van der Waals surface area contributed by atoms with Crippen LogP contribution in [0.4, 0.5) is 0 Å². The second-order valence-electron chi connectivity index (χ2n) is 0.448. The second kappa shape index (κ2) is 8.61. The van der Waals surface area contributed by atoms with Gasteiger partial charge in [-0.3, -0.25) is 9.11 Å². The molecule has 0 heterocycles. The Morgan fingerprint density at radius 2 is 1.12 bits per heavy atom. The van der Waals surface area contributed by atoms with Gasteiger partial charge in [-0.1, -0.05) is 0 Å². The molecule has 0 amide bonds. The van der Waals surface area contributed by atoms with Gasteiger partial charge in [-0.05, 0) is 0 Å². The first-order valence-electron chi connectivity index (χ1n) is 0.698. The molecule has 0 rings (SSSR count). The molecular formula is H8AlClO4PbS. The van der Waals surface area contributed by atoms with Crippen molar-refractivity contribution in [3.8, 4) is 0 Å². The van der Waals surface area contributed by atoms with Crippen LogP contribution in [0.5, 0.6) is 0 Å². The van der Waals surface area contributed by atoms with Gasteiger partial charge in [-0.15, -0.1) is 12.4 Å². The molecule has 2 radical (unpaired) electrons. The van der Waals surface area contributed by atoms with Crippen LogP contribution >= 0.6 is 12.4 Å². The Morgan fingerprint density at radius 3 is 1.12 bits per heavy atom. The summed E-state index contributed by atoms with van der Waals surface area (Å²) in [4.78, 5) is 0. The molecule has 0 spiro atoms. The molecular weight excluding hydrogens is 366 g/mol. The normalized spacial score (nSPS) is 7.25. The zero-order valence-corrected chi connectivity index (χ0v) is 10.4. The summed E-state index contributed by atoms with van der Waals surface area (Å²) in [6, 6.07) is 0. The summed E-state index contributed by atoms with van der Waals surface area (Å²) in [6.45, 7) is 0. The van der Waals surface area contributed by atoms with Crippen molar-refractivity contribution in [3.05, 3.63) is 0 Å². The molecule has 0 aromatic carbocycles. The van der Waals surface area contributed by atoms with Crippen LogP contribution in [0.2, 0.25) is 0 Å². The number of hydrogen-bond donors (Lipinski definition) is 2. The van der Waals surface area contributed by atoms with Crippen molar-refractivity contribution in [1.29, 1.82) is 0 Å². The molecule has 0 atom stereocenters. The standard InChI is InChI=1S/Al.ClH.H2O4S.Pb.5H/c;;1-5(2,3)4;;;;;;/h;1H;(H2,1,2,3,4);;;;;;. The van der Waals surface area contributed by atoms with Crippen molar-refractivity contribution >= 4 is 67.5 Å². The van der Waals surface area contributed by atoms with Crippen molar-refractivity contribution in [2.75, 3.05) is 0 Å². The summed E-state index contributed by atoms with van der Waals surface area (Å²) in [5, 5.41) is 0. The summed E-state index contributed by atoms with van der Waals surface area (Å²) in [5.74, 6) is 0. The van der Waals surface area contributed by atoms with Gasteiger partial charge in [-0.25, -0.2) is 0 Å². The first kappa shape index (κ1) is 22.6. The third kappa shape index (κ3) is 128. The van der Waals surface area contributed by atoms with Crippen molar-refractivity contribution in [2.24, 2.45) is 0 Å². The van der Waals surface area contributed by atoms with Gasteiger partial charge in [0.1, 0.15) is 0 Å². The van der Waals surface area contributed by atoms with Gasteiger partial charge >= 0.3 is 37.7 Å². The molecule has 0 aromatic heterocycles. The summed E-state index contributed by atoms with van der Waals surface area (Å²) >= 11 is 0. The molecule has 0 aliphatic rings. The van der Waals surface area contributed by atoms with Crippen LogP contribution in [0.15, 0.2) is 0 Å². The van der Waals surface area contributed by atoms with Crippen LogP contribution < -0.4 is 0 Å². The summed E-state index contributed by atoms with van der Waals surface area (Å²) < 4.78 is 31.6. The molecule has 8 heavy (non-hydrogen) atoms. The topological polar surface area (TPSA) is 74.6 Å². The van der Waals surface area contributed by atoms with Crippen molar-refractivity contribution in [2.45, 2.75) is 0 Å². The Morgan fingerprint density at radius 1 is 1.12 bits per heavy atom. The van der Waals surface area contributed by atoms with Crippen LogP contribution in [0.3, 0.4) is 0 Å². The Bertz CT molecular complexity index is 99.2. The molecule has 0 saturated heterocycles. The van der Waals surface area contributed by atoms with E-state index in [1.807, 2.05) is 0 Å². The molecule has 0 aliphatic heterocycles. The zero-order chi connectivity index (χ0) is 4.50. The monoisotopic (exact) mass is 374 g/mol. The molecule has 52 valence electrons. The molecule has 0 bridgehead atoms. The van der Waals surface area contributed by atoms with E-state index in [0.29, 0.717) is 0 Å². The predicted octanol–water partition coefficient (Wildman–Crippen LogP) is -2.33. The first-order chi connectivity index (χ1) is 2.00. The molecule has 0 unspecified atom stereocenters. The third-order valence-corrected chi connectivity index (χ3v) is 0. The Labute approximate surface area is 84.3 Å². The molecule has 2 N–H and O–H groups in total. The summed E-state index contributed by atoms with van der Waals surface area (Å²) in [6.07, 6.45) is 0. The van der Waals surface area contributed by atoms with Crippen LogP contribution in [0, 0.1) is 0 Å². The van der Waals surface area contributed by atoms with Gasteiger partial charge in [0, 0.05) is 0 Å². The van der Waals surface area contributed by atoms with Crippen molar-refractivity contribution < 1.29 is 17.5 Å². The van der Waals surface area contributed by atoms with Crippen molar-refractivity contribution in [3.63, 3.8) is 0 Å². The Hall–Kier alpha value is 1.61. The second-order valence-corrected chi connectivity index (χ2v) is 1.34. The van der Waals surface area contributed by atoms with E-state index in [1.165, 1.54) is 0 Å². The van der Waals surface area contributed by atoms with Gasteiger partial charge < -0.3 is 0 Å². The average Bonchev–Trinajstić information content (AvgIpc) is 0.722. The fourth-order valence-electron chi connectivity index (χ4n) is 0. The first-order valence-corrected chi connectivity index (χ1v) is 2.10. The third-order valence-electron chi connectivity index (χ3n) is 0. The van der Waals surface area contributed by atoms with E-state index in [2.05, 4.69) is 0 Å². The van der Waals surface area contributed by atoms with E-state index in [1.54, 1.807) is 0 Å². The van der Waals surface area contributed by atoms with Crippen LogP contribution in [0.25, 0.3) is 0 Å². The fourth-order valence-corrected chi connectivity index (χ4v) is 0. The van der Waals surface area contributed by atoms with E-state index in [4.69, 9.17) is 17.5 Å². The van der Waals surface area contributed by atoms with Gasteiger partial charge in [-0.2, -0.15) is 8.42 Å². The van der Waals surface area contributed by atoms with Gasteiger partial charge in [0.15, 0.2) is 17.4 Å². The van der Waals surface area contributed by atoms with Gasteiger partial charge in [0.25, 0.3) is 0 Å². The molecule has 0 saturated carbocycles. The van der Waals surface area contributed by atoms with E-state index < -0.39 is 10.4 Å². The minimum atomic E-state index is -4.67. The minimum absolute atomic E-state index is 0. The van der Waals surface area contributed by atoms with E-state index in [9.17, 15) is 0 Å². The predicted molar refractivity (Wildman–Crippen MR) is 39.9 cm³/mol. The summed E-state index contributed by atoms with van der Waals surface area (Å²) in [5.41, 5.74) is 0. The van der Waals surface area contributed by atoms with Gasteiger partial charge in [0.2, 0.25) is 0 Å². The van der Waals surface area contributed by atoms with Crippen LogP contribution in [-0.4, -0.2) is 62.2 Å². The number of halogens is 1. The molecule has 0 fully saturated rings. The van der Waals surface area contributed by atoms with E-state index in [0.717, 1.165) is 0 Å². The maximum absolute atomic E-state index is 8.74. The van der Waals surface area contributed by atoms with Crippen LogP contribution in [-0.2, 0) is 10.4 Å². The van der Waals surface area contributed by atoms with E-state index in [-0.39, 0.29) is 57.1 Å². The quantitative estimate of drug-likeness (QED) is 0.369. The van der Waals surface area contributed by atoms with Crippen molar-refractivity contribution in [1.82, 2.24) is 0 Å². The Balaban J connectivity index is -0.0000000267. The fraction of sp³-hybridized carbons (Fsp3) is 0. The maximum atomic E-state index is 8.74. The molecule has 8 heteroatoms. The SMILES string of the molecule is Cl.O=S(=O)(O)O.[AlH3].[PbH2]. The average molecular weight is 374 g/mol. The van der Waals surface area contributed by atoms with Crippen LogP contribution in [0.1, 0.15) is 0 Å². The Kier molecular flexibility index (Phi) is 24.4.